The molecule has 3 rings (SSSR count). The van der Waals surface area contributed by atoms with Crippen LogP contribution in [0.2, 0.25) is 0 Å². The second kappa shape index (κ2) is 6.05. The molecule has 1 aromatic heterocycles. The third-order valence-corrected chi connectivity index (χ3v) is 3.58. The molecule has 1 fully saturated rings. The molecule has 1 atom stereocenters. The lowest BCUT2D eigenvalue weighted by atomic mass is 10.2. The predicted octanol–water partition coefficient (Wildman–Crippen LogP) is 1.79. The van der Waals surface area contributed by atoms with Crippen molar-refractivity contribution in [2.45, 2.75) is 31.8 Å². The number of fused-ring (bicyclic) bond motifs is 1. The number of carbonyl (C=O) groups excluding carboxylic acids is 1. The molecule has 1 aliphatic heterocycles. The highest BCUT2D eigenvalue weighted by atomic mass is 16.5. The number of hydrogen-bond acceptors (Lipinski definition) is 3. The number of aryl methyl sites for hydroxylation is 1. The number of nitrogens with one attached hydrogen (secondary N) is 2. The molecular formula is C15H19N3O2. The monoisotopic (exact) mass is 273 g/mol. The van der Waals surface area contributed by atoms with E-state index >= 15 is 0 Å². The number of imidazole rings is 1. The zero-order valence-electron chi connectivity index (χ0n) is 11.4. The van der Waals surface area contributed by atoms with Gasteiger partial charge in [0.25, 0.3) is 0 Å². The third kappa shape index (κ3) is 3.17. The highest BCUT2D eigenvalue weighted by Gasteiger charge is 2.16. The predicted molar refractivity (Wildman–Crippen MR) is 76.4 cm³/mol. The lowest BCUT2D eigenvalue weighted by Gasteiger charge is -2.10. The maximum absolute atomic E-state index is 11.8. The van der Waals surface area contributed by atoms with Crippen molar-refractivity contribution in [2.24, 2.45) is 0 Å². The Balaban J connectivity index is 1.47. The van der Waals surface area contributed by atoms with Crippen LogP contribution >= 0.6 is 0 Å². The van der Waals surface area contributed by atoms with Crippen LogP contribution < -0.4 is 5.32 Å². The van der Waals surface area contributed by atoms with E-state index in [9.17, 15) is 4.79 Å². The molecule has 0 spiro atoms. The van der Waals surface area contributed by atoms with Crippen molar-refractivity contribution in [1.29, 1.82) is 0 Å². The van der Waals surface area contributed by atoms with Gasteiger partial charge in [-0.2, -0.15) is 0 Å². The molecule has 1 amide bonds. The molecule has 0 radical (unpaired) electrons. The molecule has 106 valence electrons. The molecule has 1 saturated heterocycles. The molecule has 5 heteroatoms. The average molecular weight is 273 g/mol. The van der Waals surface area contributed by atoms with Gasteiger partial charge < -0.3 is 15.0 Å². The van der Waals surface area contributed by atoms with E-state index in [4.69, 9.17) is 4.74 Å². The van der Waals surface area contributed by atoms with E-state index in [1.165, 1.54) is 0 Å². The highest BCUT2D eigenvalue weighted by molar-refractivity contribution is 5.77. The van der Waals surface area contributed by atoms with Gasteiger partial charge in [-0.25, -0.2) is 4.98 Å². The minimum Gasteiger partial charge on any atom is -0.376 e. The second-order valence-corrected chi connectivity index (χ2v) is 5.14. The molecule has 2 heterocycles. The Morgan fingerprint density at radius 1 is 1.45 bits per heavy atom. The first-order chi connectivity index (χ1) is 9.81. The molecule has 1 aliphatic rings. The molecule has 1 aromatic carbocycles. The minimum atomic E-state index is 0.0564. The number of para-hydroxylation sites is 2. The standard InChI is InChI=1S/C15H19N3O2/c19-15(16-10-11-4-3-9-20-11)8-7-14-17-12-5-1-2-6-13(12)18-14/h1-2,5-6,11H,3-4,7-10H2,(H,16,19)(H,17,18)/t11-/m0/s1. The fraction of sp³-hybridized carbons (Fsp3) is 0.467. The molecule has 5 nitrogen and oxygen atoms in total. The number of benzene rings is 1. The van der Waals surface area contributed by atoms with Crippen molar-refractivity contribution in [3.63, 3.8) is 0 Å². The van der Waals surface area contributed by atoms with Crippen LogP contribution in [0.5, 0.6) is 0 Å². The zero-order valence-corrected chi connectivity index (χ0v) is 11.4. The van der Waals surface area contributed by atoms with Crippen LogP contribution in [-0.4, -0.2) is 35.1 Å². The normalized spacial score (nSPS) is 18.5. The summed E-state index contributed by atoms with van der Waals surface area (Å²) in [6.07, 6.45) is 3.42. The van der Waals surface area contributed by atoms with Gasteiger partial charge in [0.2, 0.25) is 5.91 Å². The van der Waals surface area contributed by atoms with Crippen LogP contribution in [0.3, 0.4) is 0 Å². The van der Waals surface area contributed by atoms with E-state index in [2.05, 4.69) is 15.3 Å². The fourth-order valence-corrected chi connectivity index (χ4v) is 2.48. The van der Waals surface area contributed by atoms with Crippen LogP contribution in [0.1, 0.15) is 25.1 Å². The van der Waals surface area contributed by atoms with Gasteiger partial charge in [-0.3, -0.25) is 4.79 Å². The van der Waals surface area contributed by atoms with Crippen molar-refractivity contribution in [2.75, 3.05) is 13.2 Å². The van der Waals surface area contributed by atoms with E-state index in [1.54, 1.807) is 0 Å². The van der Waals surface area contributed by atoms with Crippen LogP contribution in [0.4, 0.5) is 0 Å². The van der Waals surface area contributed by atoms with Crippen molar-refractivity contribution in [3.05, 3.63) is 30.1 Å². The first-order valence-corrected chi connectivity index (χ1v) is 7.13. The Bertz CT molecular complexity index is 555. The lowest BCUT2D eigenvalue weighted by Crippen LogP contribution is -2.31. The summed E-state index contributed by atoms with van der Waals surface area (Å²) in [5.74, 6) is 0.916. The molecule has 0 unspecified atom stereocenters. The van der Waals surface area contributed by atoms with Gasteiger partial charge in [-0.1, -0.05) is 12.1 Å². The molecular weight excluding hydrogens is 254 g/mol. The van der Waals surface area contributed by atoms with Crippen molar-refractivity contribution in [1.82, 2.24) is 15.3 Å². The molecule has 20 heavy (non-hydrogen) atoms. The van der Waals surface area contributed by atoms with Crippen molar-refractivity contribution in [3.8, 4) is 0 Å². The number of ether oxygens (including phenoxy) is 1. The van der Waals surface area contributed by atoms with Crippen LogP contribution in [0.25, 0.3) is 11.0 Å². The number of amides is 1. The summed E-state index contributed by atoms with van der Waals surface area (Å²) in [6, 6.07) is 7.88. The van der Waals surface area contributed by atoms with Gasteiger partial charge in [-0.15, -0.1) is 0 Å². The maximum Gasteiger partial charge on any atom is 0.220 e. The van der Waals surface area contributed by atoms with Crippen molar-refractivity contribution < 1.29 is 9.53 Å². The molecule has 2 aromatic rings. The number of aromatic amines is 1. The Labute approximate surface area is 117 Å². The lowest BCUT2D eigenvalue weighted by molar-refractivity contribution is -0.121. The number of carbonyl (C=O) groups is 1. The number of aromatic nitrogens is 2. The summed E-state index contributed by atoms with van der Waals surface area (Å²) >= 11 is 0. The summed E-state index contributed by atoms with van der Waals surface area (Å²) < 4.78 is 5.47. The summed E-state index contributed by atoms with van der Waals surface area (Å²) in [7, 11) is 0. The SMILES string of the molecule is O=C(CCc1nc2ccccc2[nH]1)NC[C@@H]1CCCO1. The molecule has 0 saturated carbocycles. The van der Waals surface area contributed by atoms with Crippen LogP contribution in [0, 0.1) is 0 Å². The summed E-state index contributed by atoms with van der Waals surface area (Å²) in [5, 5.41) is 2.92. The molecule has 0 aliphatic carbocycles. The second-order valence-electron chi connectivity index (χ2n) is 5.14. The minimum absolute atomic E-state index is 0.0564. The quantitative estimate of drug-likeness (QED) is 0.872. The van der Waals surface area contributed by atoms with Gasteiger partial charge in [0.15, 0.2) is 0 Å². The van der Waals surface area contributed by atoms with Gasteiger partial charge in [0, 0.05) is 26.0 Å². The van der Waals surface area contributed by atoms with Crippen molar-refractivity contribution >= 4 is 16.9 Å². The molecule has 2 N–H and O–H groups in total. The Kier molecular flexibility index (Phi) is 3.97. The van der Waals surface area contributed by atoms with Gasteiger partial charge in [0.1, 0.15) is 5.82 Å². The summed E-state index contributed by atoms with van der Waals surface area (Å²) in [4.78, 5) is 19.5. The Hall–Kier alpha value is -1.88. The van der Waals surface area contributed by atoms with Gasteiger partial charge in [-0.05, 0) is 25.0 Å². The highest BCUT2D eigenvalue weighted by Crippen LogP contribution is 2.12. The van der Waals surface area contributed by atoms with Gasteiger partial charge in [0.05, 0.1) is 17.1 Å². The smallest absolute Gasteiger partial charge is 0.220 e. The maximum atomic E-state index is 11.8. The van der Waals surface area contributed by atoms with E-state index in [-0.39, 0.29) is 12.0 Å². The topological polar surface area (TPSA) is 67.0 Å². The number of nitrogens with zero attached hydrogens (tertiary/aromatic N) is 1. The Morgan fingerprint density at radius 2 is 2.35 bits per heavy atom. The van der Waals surface area contributed by atoms with E-state index in [1.807, 2.05) is 24.3 Å². The average Bonchev–Trinajstić information content (AvgIpc) is 3.11. The van der Waals surface area contributed by atoms with Gasteiger partial charge >= 0.3 is 0 Å². The number of rotatable bonds is 5. The first-order valence-electron chi connectivity index (χ1n) is 7.13. The van der Waals surface area contributed by atoms with Crippen LogP contribution in [-0.2, 0) is 16.0 Å². The summed E-state index contributed by atoms with van der Waals surface area (Å²) in [5.41, 5.74) is 1.96. The van der Waals surface area contributed by atoms with E-state index < -0.39 is 0 Å². The first kappa shape index (κ1) is 13.1. The molecule has 0 bridgehead atoms. The number of H-pyrrole nitrogens is 1. The Morgan fingerprint density at radius 3 is 3.15 bits per heavy atom. The fourth-order valence-electron chi connectivity index (χ4n) is 2.48. The number of hydrogen-bond donors (Lipinski definition) is 2. The van der Waals surface area contributed by atoms with E-state index in [0.29, 0.717) is 19.4 Å². The van der Waals surface area contributed by atoms with Crippen LogP contribution in [0.15, 0.2) is 24.3 Å². The third-order valence-electron chi connectivity index (χ3n) is 3.58. The van der Waals surface area contributed by atoms with E-state index in [0.717, 1.165) is 36.3 Å². The largest absolute Gasteiger partial charge is 0.376 e. The zero-order chi connectivity index (χ0) is 13.8. The summed E-state index contributed by atoms with van der Waals surface area (Å²) in [6.45, 7) is 1.44.